The number of aliphatic hydroxyl groups excluding tert-OH is 1. The van der Waals surface area contributed by atoms with Crippen molar-refractivity contribution >= 4 is 5.69 Å². The van der Waals surface area contributed by atoms with E-state index < -0.39 is 17.3 Å². The fraction of sp³-hybridized carbons (Fsp3) is 0.533. The van der Waals surface area contributed by atoms with E-state index >= 15 is 0 Å². The number of hydrogen-bond acceptors (Lipinski definition) is 4. The van der Waals surface area contributed by atoms with E-state index in [0.29, 0.717) is 31.9 Å². The van der Waals surface area contributed by atoms with Crippen molar-refractivity contribution < 1.29 is 23.0 Å². The predicted molar refractivity (Wildman–Crippen MR) is 74.2 cm³/mol. The molecule has 1 aliphatic heterocycles. The number of anilines is 1. The van der Waals surface area contributed by atoms with Gasteiger partial charge < -0.3 is 15.2 Å². The van der Waals surface area contributed by atoms with Gasteiger partial charge in [0, 0.05) is 30.9 Å². The van der Waals surface area contributed by atoms with Crippen molar-refractivity contribution in [2.45, 2.75) is 19.0 Å². The number of nitrogens with zero attached hydrogens (tertiary/aromatic N) is 1. The third-order valence-electron chi connectivity index (χ3n) is 3.94. The molecule has 2 N–H and O–H groups in total. The van der Waals surface area contributed by atoms with E-state index in [2.05, 4.69) is 5.32 Å². The Kier molecular flexibility index (Phi) is 4.94. The molecule has 1 aliphatic rings. The van der Waals surface area contributed by atoms with Crippen molar-refractivity contribution in [1.29, 1.82) is 5.26 Å². The summed E-state index contributed by atoms with van der Waals surface area (Å²) >= 11 is 0. The first-order chi connectivity index (χ1) is 10.4. The number of hydrogen-bond donors (Lipinski definition) is 2. The number of ether oxygens (including phenoxy) is 1. The van der Waals surface area contributed by atoms with Crippen LogP contribution in [0.2, 0.25) is 0 Å². The van der Waals surface area contributed by atoms with Crippen molar-refractivity contribution in [3.63, 3.8) is 0 Å². The third-order valence-corrected chi connectivity index (χ3v) is 3.94. The van der Waals surface area contributed by atoms with Crippen LogP contribution in [0.25, 0.3) is 0 Å². The second-order valence-electron chi connectivity index (χ2n) is 5.50. The Morgan fingerprint density at radius 3 is 2.73 bits per heavy atom. The minimum absolute atomic E-state index is 0.0293. The van der Waals surface area contributed by atoms with Crippen molar-refractivity contribution in [2.24, 2.45) is 5.41 Å². The first kappa shape index (κ1) is 16.6. The maximum Gasteiger partial charge on any atom is 0.417 e. The summed E-state index contributed by atoms with van der Waals surface area (Å²) in [6.07, 6.45) is -3.20. The molecule has 1 aromatic rings. The smallest absolute Gasteiger partial charge is 0.396 e. The lowest BCUT2D eigenvalue weighted by Crippen LogP contribution is -2.31. The standard InChI is InChI=1S/C15H17F3N2O2/c16-15(17,18)13-2-1-12(7-11(13)8-19)20-9-14(3-5-21)4-6-22-10-14/h1-2,7,20-21H,3-6,9-10H2. The zero-order valence-corrected chi connectivity index (χ0v) is 11.9. The largest absolute Gasteiger partial charge is 0.417 e. The van der Waals surface area contributed by atoms with E-state index in [0.717, 1.165) is 12.5 Å². The van der Waals surface area contributed by atoms with Crippen molar-refractivity contribution in [2.75, 3.05) is 31.7 Å². The van der Waals surface area contributed by atoms with Gasteiger partial charge >= 0.3 is 6.18 Å². The molecule has 0 radical (unpaired) electrons. The summed E-state index contributed by atoms with van der Waals surface area (Å²) in [7, 11) is 0. The average Bonchev–Trinajstić information content (AvgIpc) is 2.93. The molecule has 1 fully saturated rings. The summed E-state index contributed by atoms with van der Waals surface area (Å²) in [5.74, 6) is 0. The van der Waals surface area contributed by atoms with Crippen LogP contribution in [0, 0.1) is 16.7 Å². The van der Waals surface area contributed by atoms with Crippen LogP contribution in [-0.4, -0.2) is 31.5 Å². The molecule has 1 saturated heterocycles. The van der Waals surface area contributed by atoms with Crippen LogP contribution >= 0.6 is 0 Å². The molecule has 120 valence electrons. The van der Waals surface area contributed by atoms with Gasteiger partial charge in [0.25, 0.3) is 0 Å². The first-order valence-electron chi connectivity index (χ1n) is 6.94. The Morgan fingerprint density at radius 1 is 1.41 bits per heavy atom. The molecule has 1 atom stereocenters. The zero-order chi connectivity index (χ0) is 16.2. The van der Waals surface area contributed by atoms with Crippen LogP contribution in [0.5, 0.6) is 0 Å². The van der Waals surface area contributed by atoms with Crippen molar-refractivity contribution in [3.8, 4) is 6.07 Å². The minimum Gasteiger partial charge on any atom is -0.396 e. The fourth-order valence-electron chi connectivity index (χ4n) is 2.60. The molecule has 1 aromatic carbocycles. The van der Waals surface area contributed by atoms with E-state index in [-0.39, 0.29) is 12.0 Å². The molecule has 0 aliphatic carbocycles. The number of nitrogens with one attached hydrogen (secondary N) is 1. The maximum atomic E-state index is 12.7. The lowest BCUT2D eigenvalue weighted by atomic mass is 9.84. The summed E-state index contributed by atoms with van der Waals surface area (Å²) in [5, 5.41) is 21.1. The van der Waals surface area contributed by atoms with Gasteiger partial charge in [-0.1, -0.05) is 0 Å². The Hall–Kier alpha value is -1.78. The molecule has 22 heavy (non-hydrogen) atoms. The van der Waals surface area contributed by atoms with Crippen LogP contribution in [-0.2, 0) is 10.9 Å². The van der Waals surface area contributed by atoms with Crippen LogP contribution in [0.3, 0.4) is 0 Å². The third kappa shape index (κ3) is 3.70. The van der Waals surface area contributed by atoms with Gasteiger partial charge in [-0.25, -0.2) is 0 Å². The Balaban J connectivity index is 2.12. The minimum atomic E-state index is -4.54. The highest BCUT2D eigenvalue weighted by Crippen LogP contribution is 2.35. The molecule has 0 spiro atoms. The van der Waals surface area contributed by atoms with E-state index in [4.69, 9.17) is 15.1 Å². The Labute approximate surface area is 126 Å². The van der Waals surface area contributed by atoms with E-state index in [9.17, 15) is 13.2 Å². The van der Waals surface area contributed by atoms with E-state index in [1.54, 1.807) is 6.07 Å². The lowest BCUT2D eigenvalue weighted by molar-refractivity contribution is -0.137. The SMILES string of the molecule is N#Cc1cc(NCC2(CCO)CCOC2)ccc1C(F)(F)F. The van der Waals surface area contributed by atoms with E-state index in [1.807, 2.05) is 0 Å². The lowest BCUT2D eigenvalue weighted by Gasteiger charge is -2.27. The molecule has 0 saturated carbocycles. The fourth-order valence-corrected chi connectivity index (χ4v) is 2.60. The van der Waals surface area contributed by atoms with Crippen molar-refractivity contribution in [3.05, 3.63) is 29.3 Å². The zero-order valence-electron chi connectivity index (χ0n) is 11.9. The highest BCUT2D eigenvalue weighted by Gasteiger charge is 2.35. The van der Waals surface area contributed by atoms with Gasteiger partial charge in [0.05, 0.1) is 23.8 Å². The maximum absolute atomic E-state index is 12.7. The Morgan fingerprint density at radius 2 is 2.18 bits per heavy atom. The number of nitriles is 1. The quantitative estimate of drug-likeness (QED) is 0.877. The topological polar surface area (TPSA) is 65.3 Å². The van der Waals surface area contributed by atoms with Crippen LogP contribution in [0.15, 0.2) is 18.2 Å². The van der Waals surface area contributed by atoms with Gasteiger partial charge in [-0.3, -0.25) is 0 Å². The highest BCUT2D eigenvalue weighted by atomic mass is 19.4. The number of alkyl halides is 3. The molecular weight excluding hydrogens is 297 g/mol. The predicted octanol–water partition coefficient (Wildman–Crippen LogP) is 2.78. The summed E-state index contributed by atoms with van der Waals surface area (Å²) in [4.78, 5) is 0. The summed E-state index contributed by atoms with van der Waals surface area (Å²) < 4.78 is 43.6. The molecule has 2 rings (SSSR count). The first-order valence-corrected chi connectivity index (χ1v) is 6.94. The molecule has 1 heterocycles. The molecule has 0 aromatic heterocycles. The number of halogens is 3. The molecule has 7 heteroatoms. The monoisotopic (exact) mass is 314 g/mol. The van der Waals surface area contributed by atoms with Gasteiger partial charge in [0.2, 0.25) is 0 Å². The summed E-state index contributed by atoms with van der Waals surface area (Å²) in [6.45, 7) is 1.62. The molecule has 1 unspecified atom stereocenters. The van der Waals surface area contributed by atoms with Gasteiger partial charge in [-0.2, -0.15) is 18.4 Å². The van der Waals surface area contributed by atoms with Gasteiger partial charge in [-0.05, 0) is 31.0 Å². The van der Waals surface area contributed by atoms with Crippen LogP contribution in [0.1, 0.15) is 24.0 Å². The summed E-state index contributed by atoms with van der Waals surface area (Å²) in [5.41, 5.74) is -1.11. The Bertz CT molecular complexity index is 561. The molecule has 0 bridgehead atoms. The second-order valence-corrected chi connectivity index (χ2v) is 5.50. The van der Waals surface area contributed by atoms with Gasteiger partial charge in [0.15, 0.2) is 0 Å². The summed E-state index contributed by atoms with van der Waals surface area (Å²) in [6, 6.07) is 5.00. The highest BCUT2D eigenvalue weighted by molar-refractivity contribution is 5.53. The normalized spacial score (nSPS) is 21.6. The second kappa shape index (κ2) is 6.55. The molecule has 4 nitrogen and oxygen atoms in total. The number of benzene rings is 1. The molecular formula is C15H17F3N2O2. The average molecular weight is 314 g/mol. The van der Waals surface area contributed by atoms with Gasteiger partial charge in [0.1, 0.15) is 0 Å². The number of aliphatic hydroxyl groups is 1. The van der Waals surface area contributed by atoms with E-state index in [1.165, 1.54) is 12.1 Å². The van der Waals surface area contributed by atoms with Crippen LogP contribution < -0.4 is 5.32 Å². The van der Waals surface area contributed by atoms with Gasteiger partial charge in [-0.15, -0.1) is 0 Å². The van der Waals surface area contributed by atoms with Crippen LogP contribution in [0.4, 0.5) is 18.9 Å². The molecule has 0 amide bonds. The number of rotatable bonds is 5. The van der Waals surface area contributed by atoms with Crippen molar-refractivity contribution in [1.82, 2.24) is 0 Å².